The lowest BCUT2D eigenvalue weighted by Crippen LogP contribution is -2.55. The SMILES string of the molecule is CCCC1CN(C(=O)C2CNC2)CCO1.Cl. The maximum Gasteiger partial charge on any atom is 0.228 e. The first kappa shape index (κ1) is 13.7. The molecule has 0 aromatic heterocycles. The van der Waals surface area contributed by atoms with Crippen LogP contribution in [0.1, 0.15) is 19.8 Å². The molecule has 2 fully saturated rings. The quantitative estimate of drug-likeness (QED) is 0.798. The number of amides is 1. The molecule has 16 heavy (non-hydrogen) atoms. The zero-order valence-electron chi connectivity index (χ0n) is 9.78. The van der Waals surface area contributed by atoms with Gasteiger partial charge in [0.1, 0.15) is 0 Å². The molecule has 1 N–H and O–H groups in total. The zero-order chi connectivity index (χ0) is 10.7. The lowest BCUT2D eigenvalue weighted by Gasteiger charge is -2.37. The van der Waals surface area contributed by atoms with Crippen molar-refractivity contribution < 1.29 is 9.53 Å². The third-order valence-corrected chi connectivity index (χ3v) is 3.19. The van der Waals surface area contributed by atoms with Crippen molar-refractivity contribution in [1.82, 2.24) is 10.2 Å². The summed E-state index contributed by atoms with van der Waals surface area (Å²) in [5.74, 6) is 0.545. The highest BCUT2D eigenvalue weighted by Gasteiger charge is 2.32. The standard InChI is InChI=1S/C11H20N2O2.ClH/c1-2-3-10-8-13(4-5-15-10)11(14)9-6-12-7-9;/h9-10,12H,2-8H2,1H3;1H. The van der Waals surface area contributed by atoms with Crippen molar-refractivity contribution in [2.75, 3.05) is 32.8 Å². The third-order valence-electron chi connectivity index (χ3n) is 3.19. The Kier molecular flexibility index (Phi) is 5.52. The Morgan fingerprint density at radius 1 is 1.50 bits per heavy atom. The van der Waals surface area contributed by atoms with Gasteiger partial charge in [0.05, 0.1) is 18.6 Å². The maximum atomic E-state index is 12.0. The Morgan fingerprint density at radius 2 is 2.25 bits per heavy atom. The highest BCUT2D eigenvalue weighted by atomic mass is 35.5. The van der Waals surface area contributed by atoms with Crippen molar-refractivity contribution in [3.05, 3.63) is 0 Å². The molecule has 2 saturated heterocycles. The first-order chi connectivity index (χ1) is 7.31. The number of nitrogens with one attached hydrogen (secondary N) is 1. The Labute approximate surface area is 103 Å². The number of hydrogen-bond donors (Lipinski definition) is 1. The fraction of sp³-hybridized carbons (Fsp3) is 0.909. The van der Waals surface area contributed by atoms with E-state index in [-0.39, 0.29) is 24.4 Å². The summed E-state index contributed by atoms with van der Waals surface area (Å²) < 4.78 is 5.62. The van der Waals surface area contributed by atoms with Gasteiger partial charge in [-0.3, -0.25) is 4.79 Å². The second kappa shape index (κ2) is 6.42. The molecule has 0 radical (unpaired) electrons. The van der Waals surface area contributed by atoms with E-state index in [1.54, 1.807) is 0 Å². The molecule has 4 nitrogen and oxygen atoms in total. The minimum Gasteiger partial charge on any atom is -0.375 e. The van der Waals surface area contributed by atoms with Crippen LogP contribution in [0.3, 0.4) is 0 Å². The van der Waals surface area contributed by atoms with Gasteiger partial charge in [0.15, 0.2) is 0 Å². The van der Waals surface area contributed by atoms with Crippen LogP contribution in [-0.2, 0) is 9.53 Å². The van der Waals surface area contributed by atoms with E-state index in [4.69, 9.17) is 4.74 Å². The van der Waals surface area contributed by atoms with Crippen molar-refractivity contribution in [2.24, 2.45) is 5.92 Å². The van der Waals surface area contributed by atoms with Gasteiger partial charge in [0.2, 0.25) is 5.91 Å². The molecule has 1 amide bonds. The molecule has 0 aromatic rings. The van der Waals surface area contributed by atoms with E-state index >= 15 is 0 Å². The van der Waals surface area contributed by atoms with Crippen molar-refractivity contribution in [2.45, 2.75) is 25.9 Å². The molecule has 0 aromatic carbocycles. The first-order valence-corrected chi connectivity index (χ1v) is 5.92. The second-order valence-electron chi connectivity index (χ2n) is 4.42. The van der Waals surface area contributed by atoms with Crippen LogP contribution in [0, 0.1) is 5.92 Å². The Morgan fingerprint density at radius 3 is 2.81 bits per heavy atom. The maximum absolute atomic E-state index is 12.0. The van der Waals surface area contributed by atoms with E-state index < -0.39 is 0 Å². The van der Waals surface area contributed by atoms with Crippen molar-refractivity contribution in [3.8, 4) is 0 Å². The van der Waals surface area contributed by atoms with Crippen LogP contribution in [0.4, 0.5) is 0 Å². The van der Waals surface area contributed by atoms with Gasteiger partial charge < -0.3 is 15.0 Å². The molecule has 2 rings (SSSR count). The number of rotatable bonds is 3. The monoisotopic (exact) mass is 248 g/mol. The molecular formula is C11H21ClN2O2. The minimum absolute atomic E-state index is 0. The van der Waals surface area contributed by atoms with Gasteiger partial charge in [-0.15, -0.1) is 12.4 Å². The lowest BCUT2D eigenvalue weighted by molar-refractivity contribution is -0.144. The lowest BCUT2D eigenvalue weighted by atomic mass is 10.0. The van der Waals surface area contributed by atoms with Crippen molar-refractivity contribution >= 4 is 18.3 Å². The average molecular weight is 249 g/mol. The Bertz CT molecular complexity index is 232. The summed E-state index contributed by atoms with van der Waals surface area (Å²) in [5.41, 5.74) is 0. The highest BCUT2D eigenvalue weighted by molar-refractivity contribution is 5.85. The molecule has 0 spiro atoms. The largest absolute Gasteiger partial charge is 0.375 e. The van der Waals surface area contributed by atoms with Crippen LogP contribution in [0.25, 0.3) is 0 Å². The molecular weight excluding hydrogens is 228 g/mol. The number of carbonyl (C=O) groups is 1. The first-order valence-electron chi connectivity index (χ1n) is 5.92. The van der Waals surface area contributed by atoms with Crippen molar-refractivity contribution in [1.29, 1.82) is 0 Å². The number of morpholine rings is 1. The minimum atomic E-state index is 0. The van der Waals surface area contributed by atoms with E-state index in [0.717, 1.165) is 39.0 Å². The predicted molar refractivity (Wildman–Crippen MR) is 64.8 cm³/mol. The molecule has 0 aliphatic carbocycles. The molecule has 0 bridgehead atoms. The molecule has 5 heteroatoms. The smallest absolute Gasteiger partial charge is 0.228 e. The summed E-state index contributed by atoms with van der Waals surface area (Å²) in [7, 11) is 0. The van der Waals surface area contributed by atoms with Crippen LogP contribution in [0.15, 0.2) is 0 Å². The number of hydrogen-bond acceptors (Lipinski definition) is 3. The number of halogens is 1. The summed E-state index contributed by atoms with van der Waals surface area (Å²) in [5, 5.41) is 3.14. The molecule has 1 atom stereocenters. The van der Waals surface area contributed by atoms with Crippen LogP contribution in [-0.4, -0.2) is 49.7 Å². The van der Waals surface area contributed by atoms with Crippen LogP contribution in [0.5, 0.6) is 0 Å². The summed E-state index contributed by atoms with van der Waals surface area (Å²) in [6.07, 6.45) is 2.45. The molecule has 0 saturated carbocycles. The van der Waals surface area contributed by atoms with Gasteiger partial charge in [0.25, 0.3) is 0 Å². The molecule has 2 heterocycles. The van der Waals surface area contributed by atoms with Gasteiger partial charge in [-0.1, -0.05) is 13.3 Å². The molecule has 2 aliphatic heterocycles. The summed E-state index contributed by atoms with van der Waals surface area (Å²) in [6.45, 7) is 6.14. The highest BCUT2D eigenvalue weighted by Crippen LogP contribution is 2.15. The Hall–Kier alpha value is -0.320. The van der Waals surface area contributed by atoms with Gasteiger partial charge in [-0.25, -0.2) is 0 Å². The number of nitrogens with zero attached hydrogens (tertiary/aromatic N) is 1. The summed E-state index contributed by atoms with van der Waals surface area (Å²) in [4.78, 5) is 13.9. The summed E-state index contributed by atoms with van der Waals surface area (Å²) in [6, 6.07) is 0. The number of carbonyl (C=O) groups excluding carboxylic acids is 1. The fourth-order valence-corrected chi connectivity index (χ4v) is 2.14. The van der Waals surface area contributed by atoms with Crippen molar-refractivity contribution in [3.63, 3.8) is 0 Å². The van der Waals surface area contributed by atoms with Gasteiger partial charge in [-0.05, 0) is 6.42 Å². The topological polar surface area (TPSA) is 41.6 Å². The average Bonchev–Trinajstić information content (AvgIpc) is 2.16. The van der Waals surface area contributed by atoms with E-state index in [9.17, 15) is 4.79 Å². The number of ether oxygens (including phenoxy) is 1. The van der Waals surface area contributed by atoms with Crippen LogP contribution >= 0.6 is 12.4 Å². The second-order valence-corrected chi connectivity index (χ2v) is 4.42. The molecule has 2 aliphatic rings. The van der Waals surface area contributed by atoms with E-state index in [1.807, 2.05) is 4.90 Å². The van der Waals surface area contributed by atoms with E-state index in [1.165, 1.54) is 0 Å². The van der Waals surface area contributed by atoms with E-state index in [0.29, 0.717) is 12.5 Å². The molecule has 94 valence electrons. The van der Waals surface area contributed by atoms with E-state index in [2.05, 4.69) is 12.2 Å². The van der Waals surface area contributed by atoms with Crippen LogP contribution in [0.2, 0.25) is 0 Å². The normalized spacial score (nSPS) is 25.8. The zero-order valence-corrected chi connectivity index (χ0v) is 10.6. The van der Waals surface area contributed by atoms with Gasteiger partial charge >= 0.3 is 0 Å². The fourth-order valence-electron chi connectivity index (χ4n) is 2.14. The molecule has 1 unspecified atom stereocenters. The predicted octanol–water partition coefficient (Wildman–Crippen LogP) is 0.655. The van der Waals surface area contributed by atoms with Crippen LogP contribution < -0.4 is 5.32 Å². The summed E-state index contributed by atoms with van der Waals surface area (Å²) >= 11 is 0. The van der Waals surface area contributed by atoms with Gasteiger partial charge in [0, 0.05) is 26.2 Å². The van der Waals surface area contributed by atoms with Gasteiger partial charge in [-0.2, -0.15) is 0 Å². The Balaban J connectivity index is 0.00000128. The third kappa shape index (κ3) is 3.09.